The minimum absolute atomic E-state index is 0.0169. The molecule has 5 nitrogen and oxygen atoms in total. The van der Waals surface area contributed by atoms with Crippen LogP contribution in [0, 0.1) is 0 Å². The lowest BCUT2D eigenvalue weighted by atomic mass is 10.1. The van der Waals surface area contributed by atoms with E-state index in [2.05, 4.69) is 22.2 Å². The SMILES string of the molecule is CC(C)NS(=O)(=O)c1cccc(C(=O)NC(C)CCc2ccccc2)c1. The van der Waals surface area contributed by atoms with Gasteiger partial charge in [-0.1, -0.05) is 36.4 Å². The van der Waals surface area contributed by atoms with Gasteiger partial charge in [-0.3, -0.25) is 4.79 Å². The van der Waals surface area contributed by atoms with Crippen LogP contribution in [0.2, 0.25) is 0 Å². The predicted octanol–water partition coefficient (Wildman–Crippen LogP) is 3.12. The molecule has 0 spiro atoms. The lowest BCUT2D eigenvalue weighted by molar-refractivity contribution is 0.0938. The second kappa shape index (κ2) is 8.96. The summed E-state index contributed by atoms with van der Waals surface area (Å²) in [6.07, 6.45) is 1.68. The van der Waals surface area contributed by atoms with E-state index in [0.717, 1.165) is 12.8 Å². The molecule has 2 N–H and O–H groups in total. The average Bonchev–Trinajstić information content (AvgIpc) is 2.60. The van der Waals surface area contributed by atoms with Crippen molar-refractivity contribution >= 4 is 15.9 Å². The summed E-state index contributed by atoms with van der Waals surface area (Å²) in [5.74, 6) is -0.271. The monoisotopic (exact) mass is 374 g/mol. The lowest BCUT2D eigenvalue weighted by Crippen LogP contribution is -2.33. The first-order valence-corrected chi connectivity index (χ1v) is 10.2. The van der Waals surface area contributed by atoms with Crippen molar-refractivity contribution in [2.24, 2.45) is 0 Å². The Labute approximate surface area is 155 Å². The van der Waals surface area contributed by atoms with Crippen molar-refractivity contribution in [3.63, 3.8) is 0 Å². The number of sulfonamides is 1. The van der Waals surface area contributed by atoms with E-state index in [1.165, 1.54) is 17.7 Å². The molecule has 0 saturated heterocycles. The van der Waals surface area contributed by atoms with Crippen LogP contribution in [0.5, 0.6) is 0 Å². The van der Waals surface area contributed by atoms with Gasteiger partial charge in [-0.2, -0.15) is 0 Å². The van der Waals surface area contributed by atoms with Crippen LogP contribution >= 0.6 is 0 Å². The maximum atomic E-state index is 12.4. The molecule has 0 radical (unpaired) electrons. The van der Waals surface area contributed by atoms with Crippen molar-refractivity contribution in [2.45, 2.75) is 50.6 Å². The van der Waals surface area contributed by atoms with E-state index in [9.17, 15) is 13.2 Å². The third-order valence-corrected chi connectivity index (χ3v) is 5.54. The van der Waals surface area contributed by atoms with E-state index in [1.54, 1.807) is 26.0 Å². The van der Waals surface area contributed by atoms with Crippen molar-refractivity contribution in [3.8, 4) is 0 Å². The van der Waals surface area contributed by atoms with Gasteiger partial charge in [0.2, 0.25) is 10.0 Å². The third kappa shape index (κ3) is 5.97. The molecule has 1 unspecified atom stereocenters. The molecule has 0 aromatic heterocycles. The van der Waals surface area contributed by atoms with Gasteiger partial charge < -0.3 is 5.32 Å². The van der Waals surface area contributed by atoms with Gasteiger partial charge in [0.25, 0.3) is 5.91 Å². The first-order chi connectivity index (χ1) is 12.3. The van der Waals surface area contributed by atoms with Gasteiger partial charge in [-0.05, 0) is 57.4 Å². The van der Waals surface area contributed by atoms with Gasteiger partial charge in [0.05, 0.1) is 4.90 Å². The van der Waals surface area contributed by atoms with Crippen LogP contribution < -0.4 is 10.0 Å². The number of hydrogen-bond donors (Lipinski definition) is 2. The van der Waals surface area contributed by atoms with Crippen molar-refractivity contribution in [3.05, 3.63) is 65.7 Å². The lowest BCUT2D eigenvalue weighted by Gasteiger charge is -2.15. The van der Waals surface area contributed by atoms with E-state index in [1.807, 2.05) is 25.1 Å². The number of carbonyl (C=O) groups excluding carboxylic acids is 1. The van der Waals surface area contributed by atoms with Gasteiger partial charge in [0.1, 0.15) is 0 Å². The highest BCUT2D eigenvalue weighted by molar-refractivity contribution is 7.89. The molecular weight excluding hydrogens is 348 g/mol. The summed E-state index contributed by atoms with van der Waals surface area (Å²) in [7, 11) is -3.62. The predicted molar refractivity (Wildman–Crippen MR) is 104 cm³/mol. The quantitative estimate of drug-likeness (QED) is 0.745. The van der Waals surface area contributed by atoms with E-state index in [4.69, 9.17) is 0 Å². The summed E-state index contributed by atoms with van der Waals surface area (Å²) in [6, 6.07) is 16.0. The molecule has 0 saturated carbocycles. The molecule has 6 heteroatoms. The zero-order valence-electron chi connectivity index (χ0n) is 15.4. The molecule has 0 heterocycles. The van der Waals surface area contributed by atoms with Gasteiger partial charge in [0, 0.05) is 17.6 Å². The van der Waals surface area contributed by atoms with Crippen LogP contribution in [-0.4, -0.2) is 26.4 Å². The molecule has 0 bridgehead atoms. The van der Waals surface area contributed by atoms with Gasteiger partial charge in [-0.15, -0.1) is 0 Å². The van der Waals surface area contributed by atoms with E-state index < -0.39 is 10.0 Å². The van der Waals surface area contributed by atoms with Crippen molar-refractivity contribution in [1.29, 1.82) is 0 Å². The number of rotatable bonds is 8. The van der Waals surface area contributed by atoms with Crippen LogP contribution in [0.3, 0.4) is 0 Å². The minimum atomic E-state index is -3.62. The maximum absolute atomic E-state index is 12.4. The van der Waals surface area contributed by atoms with Crippen LogP contribution in [0.4, 0.5) is 0 Å². The minimum Gasteiger partial charge on any atom is -0.350 e. The third-order valence-electron chi connectivity index (χ3n) is 3.88. The number of carbonyl (C=O) groups is 1. The number of nitrogens with one attached hydrogen (secondary N) is 2. The topological polar surface area (TPSA) is 75.3 Å². The van der Waals surface area contributed by atoms with Gasteiger partial charge in [0.15, 0.2) is 0 Å². The second-order valence-electron chi connectivity index (χ2n) is 6.70. The highest BCUT2D eigenvalue weighted by Crippen LogP contribution is 2.13. The highest BCUT2D eigenvalue weighted by atomic mass is 32.2. The van der Waals surface area contributed by atoms with Crippen LogP contribution in [0.15, 0.2) is 59.5 Å². The van der Waals surface area contributed by atoms with E-state index in [0.29, 0.717) is 5.56 Å². The fourth-order valence-electron chi connectivity index (χ4n) is 2.59. The summed E-state index contributed by atoms with van der Waals surface area (Å²) in [5, 5.41) is 2.93. The molecule has 2 aromatic rings. The summed E-state index contributed by atoms with van der Waals surface area (Å²) >= 11 is 0. The van der Waals surface area contributed by atoms with E-state index in [-0.39, 0.29) is 22.9 Å². The Balaban J connectivity index is 2.00. The molecule has 0 aliphatic carbocycles. The van der Waals surface area contributed by atoms with Crippen molar-refractivity contribution < 1.29 is 13.2 Å². The van der Waals surface area contributed by atoms with Crippen molar-refractivity contribution in [2.75, 3.05) is 0 Å². The van der Waals surface area contributed by atoms with Gasteiger partial charge in [-0.25, -0.2) is 13.1 Å². The largest absolute Gasteiger partial charge is 0.350 e. The van der Waals surface area contributed by atoms with Crippen LogP contribution in [-0.2, 0) is 16.4 Å². The fraction of sp³-hybridized carbons (Fsp3) is 0.350. The Morgan fingerprint density at radius 3 is 2.35 bits per heavy atom. The Morgan fingerprint density at radius 2 is 1.69 bits per heavy atom. The van der Waals surface area contributed by atoms with Gasteiger partial charge >= 0.3 is 0 Å². The second-order valence-corrected chi connectivity index (χ2v) is 8.42. The Kier molecular flexibility index (Phi) is 6.94. The molecule has 26 heavy (non-hydrogen) atoms. The average molecular weight is 375 g/mol. The molecule has 1 amide bonds. The number of benzene rings is 2. The fourth-order valence-corrected chi connectivity index (χ4v) is 3.89. The molecule has 1 atom stereocenters. The first kappa shape index (κ1) is 20.1. The molecule has 0 aliphatic rings. The Bertz CT molecular complexity index is 833. The maximum Gasteiger partial charge on any atom is 0.251 e. The normalized spacial score (nSPS) is 12.8. The Morgan fingerprint density at radius 1 is 1.00 bits per heavy atom. The summed E-state index contributed by atoms with van der Waals surface area (Å²) < 4.78 is 27.0. The van der Waals surface area contributed by atoms with Crippen LogP contribution in [0.1, 0.15) is 43.1 Å². The smallest absolute Gasteiger partial charge is 0.251 e. The van der Waals surface area contributed by atoms with E-state index >= 15 is 0 Å². The molecule has 140 valence electrons. The zero-order chi connectivity index (χ0) is 19.2. The molecule has 0 aliphatic heterocycles. The molecular formula is C20H26N2O3S. The molecule has 0 fully saturated rings. The number of aryl methyl sites for hydroxylation is 1. The summed E-state index contributed by atoms with van der Waals surface area (Å²) in [5.41, 5.74) is 1.56. The zero-order valence-corrected chi connectivity index (χ0v) is 16.2. The first-order valence-electron chi connectivity index (χ1n) is 8.75. The van der Waals surface area contributed by atoms with Crippen LogP contribution in [0.25, 0.3) is 0 Å². The molecule has 2 aromatic carbocycles. The highest BCUT2D eigenvalue weighted by Gasteiger charge is 2.18. The summed E-state index contributed by atoms with van der Waals surface area (Å²) in [4.78, 5) is 12.5. The standard InChI is InChI=1S/C20H26N2O3S/c1-15(2)22-26(24,25)19-11-7-10-18(14-19)20(23)21-16(3)12-13-17-8-5-4-6-9-17/h4-11,14-16,22H,12-13H2,1-3H3,(H,21,23). The molecule has 2 rings (SSSR count). The number of hydrogen-bond acceptors (Lipinski definition) is 3. The summed E-state index contributed by atoms with van der Waals surface area (Å²) in [6.45, 7) is 5.45. The van der Waals surface area contributed by atoms with Crippen molar-refractivity contribution in [1.82, 2.24) is 10.0 Å². The number of amides is 1. The Hall–Kier alpha value is -2.18.